The smallest absolute Gasteiger partial charge is 0.136 e. The Bertz CT molecular complexity index is 246. The van der Waals surface area contributed by atoms with Gasteiger partial charge in [-0.3, -0.25) is 4.79 Å². The van der Waals surface area contributed by atoms with Crippen molar-refractivity contribution in [3.05, 3.63) is 0 Å². The molecule has 1 heteroatoms. The lowest BCUT2D eigenvalue weighted by Gasteiger charge is -2.40. The van der Waals surface area contributed by atoms with Crippen molar-refractivity contribution in [2.45, 2.75) is 51.4 Å². The van der Waals surface area contributed by atoms with Crippen molar-refractivity contribution in [2.24, 2.45) is 17.3 Å². The lowest BCUT2D eigenvalue weighted by Crippen LogP contribution is -2.32. The number of hydrogen-bond donors (Lipinski definition) is 0. The predicted octanol–water partition coefficient (Wildman–Crippen LogP) is 2.94. The molecule has 1 spiro atoms. The van der Waals surface area contributed by atoms with Crippen LogP contribution in [0.25, 0.3) is 0 Å². The Balaban J connectivity index is 1.91. The SMILES string of the molecule is O=C1CCC23CCCCC2CC1C3. The van der Waals surface area contributed by atoms with Crippen LogP contribution in [0.3, 0.4) is 0 Å². The van der Waals surface area contributed by atoms with Crippen molar-refractivity contribution in [3.8, 4) is 0 Å². The summed E-state index contributed by atoms with van der Waals surface area (Å²) in [6.07, 6.45) is 10.3. The molecular weight excluding hydrogens is 160 g/mol. The van der Waals surface area contributed by atoms with E-state index in [4.69, 9.17) is 0 Å². The molecule has 1 nitrogen and oxygen atoms in total. The van der Waals surface area contributed by atoms with Crippen LogP contribution in [-0.2, 0) is 4.79 Å². The first-order valence-electron chi connectivity index (χ1n) is 5.83. The van der Waals surface area contributed by atoms with Gasteiger partial charge < -0.3 is 0 Å². The van der Waals surface area contributed by atoms with E-state index in [9.17, 15) is 4.79 Å². The molecule has 0 radical (unpaired) electrons. The number of fused-ring (bicyclic) bond motifs is 1. The van der Waals surface area contributed by atoms with Gasteiger partial charge in [-0.05, 0) is 43.4 Å². The minimum absolute atomic E-state index is 0.483. The van der Waals surface area contributed by atoms with E-state index in [0.717, 1.165) is 12.3 Å². The monoisotopic (exact) mass is 178 g/mol. The second kappa shape index (κ2) is 2.59. The summed E-state index contributed by atoms with van der Waals surface area (Å²) < 4.78 is 0. The van der Waals surface area contributed by atoms with E-state index in [-0.39, 0.29) is 0 Å². The standard InChI is InChI=1S/C12H18O/c13-11-4-6-12-5-2-1-3-10(12)7-9(11)8-12/h9-10H,1-8H2. The Hall–Kier alpha value is -0.330. The van der Waals surface area contributed by atoms with E-state index < -0.39 is 0 Å². The summed E-state index contributed by atoms with van der Waals surface area (Å²) in [4.78, 5) is 11.6. The van der Waals surface area contributed by atoms with E-state index >= 15 is 0 Å². The van der Waals surface area contributed by atoms with Gasteiger partial charge >= 0.3 is 0 Å². The Morgan fingerprint density at radius 1 is 1.23 bits per heavy atom. The van der Waals surface area contributed by atoms with Crippen LogP contribution in [0.1, 0.15) is 51.4 Å². The summed E-state index contributed by atoms with van der Waals surface area (Å²) in [7, 11) is 0. The summed E-state index contributed by atoms with van der Waals surface area (Å²) in [6.45, 7) is 0. The minimum Gasteiger partial charge on any atom is -0.299 e. The van der Waals surface area contributed by atoms with E-state index in [0.29, 0.717) is 17.1 Å². The molecule has 72 valence electrons. The molecule has 0 aliphatic heterocycles. The van der Waals surface area contributed by atoms with Crippen molar-refractivity contribution in [1.29, 1.82) is 0 Å². The third-order valence-electron chi connectivity index (χ3n) is 4.89. The predicted molar refractivity (Wildman–Crippen MR) is 51.4 cm³/mol. The molecule has 3 aliphatic carbocycles. The molecule has 0 aromatic carbocycles. The number of carbonyl (C=O) groups is 1. The Labute approximate surface area is 79.9 Å². The molecule has 0 amide bonds. The molecule has 3 saturated carbocycles. The van der Waals surface area contributed by atoms with Crippen LogP contribution in [0.5, 0.6) is 0 Å². The lowest BCUT2D eigenvalue weighted by molar-refractivity contribution is -0.125. The highest BCUT2D eigenvalue weighted by Gasteiger charge is 2.52. The molecule has 13 heavy (non-hydrogen) atoms. The minimum atomic E-state index is 0.483. The summed E-state index contributed by atoms with van der Waals surface area (Å²) in [5.74, 6) is 1.99. The van der Waals surface area contributed by atoms with Gasteiger partial charge in [-0.15, -0.1) is 0 Å². The largest absolute Gasteiger partial charge is 0.299 e. The highest BCUT2D eigenvalue weighted by Crippen LogP contribution is 2.59. The summed E-state index contributed by atoms with van der Waals surface area (Å²) in [6, 6.07) is 0. The zero-order valence-electron chi connectivity index (χ0n) is 8.22. The molecule has 3 atom stereocenters. The first-order valence-corrected chi connectivity index (χ1v) is 5.83. The van der Waals surface area contributed by atoms with Gasteiger partial charge in [0.2, 0.25) is 0 Å². The third-order valence-corrected chi connectivity index (χ3v) is 4.89. The summed E-state index contributed by atoms with van der Waals surface area (Å²) in [5, 5.41) is 0. The number of Topliss-reactive ketones (excluding diaryl/α,β-unsaturated/α-hetero) is 1. The average Bonchev–Trinajstić information content (AvgIpc) is 2.47. The van der Waals surface area contributed by atoms with Gasteiger partial charge in [-0.1, -0.05) is 12.8 Å². The highest BCUT2D eigenvalue weighted by molar-refractivity contribution is 5.82. The number of rotatable bonds is 0. The zero-order valence-corrected chi connectivity index (χ0v) is 8.22. The fraction of sp³-hybridized carbons (Fsp3) is 0.917. The van der Waals surface area contributed by atoms with Gasteiger partial charge in [0, 0.05) is 12.3 Å². The number of ketones is 1. The summed E-state index contributed by atoms with van der Waals surface area (Å²) in [5.41, 5.74) is 0.650. The van der Waals surface area contributed by atoms with E-state index in [1.165, 1.54) is 44.9 Å². The van der Waals surface area contributed by atoms with Crippen LogP contribution in [0.4, 0.5) is 0 Å². The van der Waals surface area contributed by atoms with Crippen molar-refractivity contribution in [1.82, 2.24) is 0 Å². The molecule has 3 rings (SSSR count). The second-order valence-corrected chi connectivity index (χ2v) is 5.41. The van der Waals surface area contributed by atoms with Crippen LogP contribution >= 0.6 is 0 Å². The van der Waals surface area contributed by atoms with Crippen LogP contribution in [0.15, 0.2) is 0 Å². The molecule has 2 bridgehead atoms. The maximum atomic E-state index is 11.6. The lowest BCUT2D eigenvalue weighted by atomic mass is 9.64. The molecule has 3 aliphatic rings. The van der Waals surface area contributed by atoms with Gasteiger partial charge in [0.1, 0.15) is 5.78 Å². The maximum absolute atomic E-state index is 11.6. The van der Waals surface area contributed by atoms with Gasteiger partial charge in [-0.2, -0.15) is 0 Å². The first kappa shape index (κ1) is 8.02. The average molecular weight is 178 g/mol. The fourth-order valence-corrected chi connectivity index (χ4v) is 4.18. The molecule has 0 heterocycles. The second-order valence-electron chi connectivity index (χ2n) is 5.41. The van der Waals surface area contributed by atoms with Gasteiger partial charge in [-0.25, -0.2) is 0 Å². The molecule has 3 unspecified atom stereocenters. The first-order chi connectivity index (χ1) is 6.30. The summed E-state index contributed by atoms with van der Waals surface area (Å²) >= 11 is 0. The van der Waals surface area contributed by atoms with Crippen molar-refractivity contribution in [3.63, 3.8) is 0 Å². The van der Waals surface area contributed by atoms with Crippen molar-refractivity contribution < 1.29 is 4.79 Å². The van der Waals surface area contributed by atoms with Gasteiger partial charge in [0.15, 0.2) is 0 Å². The molecular formula is C12H18O. The maximum Gasteiger partial charge on any atom is 0.136 e. The van der Waals surface area contributed by atoms with Crippen molar-refractivity contribution >= 4 is 5.78 Å². The fourth-order valence-electron chi connectivity index (χ4n) is 4.18. The normalized spacial score (nSPS) is 49.1. The molecule has 3 fully saturated rings. The Morgan fingerprint density at radius 2 is 2.15 bits per heavy atom. The van der Waals surface area contributed by atoms with Crippen LogP contribution < -0.4 is 0 Å². The van der Waals surface area contributed by atoms with E-state index in [1.54, 1.807) is 0 Å². The van der Waals surface area contributed by atoms with Crippen molar-refractivity contribution in [2.75, 3.05) is 0 Å². The molecule has 0 saturated heterocycles. The van der Waals surface area contributed by atoms with Crippen LogP contribution in [0.2, 0.25) is 0 Å². The molecule has 0 aromatic rings. The zero-order chi connectivity index (χ0) is 8.89. The Kier molecular flexibility index (Phi) is 1.59. The van der Waals surface area contributed by atoms with Gasteiger partial charge in [0.05, 0.1) is 0 Å². The van der Waals surface area contributed by atoms with E-state index in [2.05, 4.69) is 0 Å². The quantitative estimate of drug-likeness (QED) is 0.557. The third kappa shape index (κ3) is 1.02. The Morgan fingerprint density at radius 3 is 3.08 bits per heavy atom. The number of hydrogen-bond acceptors (Lipinski definition) is 1. The van der Waals surface area contributed by atoms with Crippen LogP contribution in [0, 0.1) is 17.3 Å². The van der Waals surface area contributed by atoms with E-state index in [1.807, 2.05) is 0 Å². The topological polar surface area (TPSA) is 17.1 Å². The van der Waals surface area contributed by atoms with Crippen LogP contribution in [-0.4, -0.2) is 5.78 Å². The molecule has 0 N–H and O–H groups in total. The van der Waals surface area contributed by atoms with Gasteiger partial charge in [0.25, 0.3) is 0 Å². The number of carbonyl (C=O) groups excluding carboxylic acids is 1. The highest BCUT2D eigenvalue weighted by atomic mass is 16.1. The molecule has 0 aromatic heterocycles.